The number of hydrogen-bond acceptors (Lipinski definition) is 3. The summed E-state index contributed by atoms with van der Waals surface area (Å²) in [5.41, 5.74) is 5.34. The van der Waals surface area contributed by atoms with Gasteiger partial charge in [0.15, 0.2) is 9.84 Å². The fourth-order valence-corrected chi connectivity index (χ4v) is 4.88. The van der Waals surface area contributed by atoms with Crippen LogP contribution in [0.3, 0.4) is 0 Å². The zero-order valence-electron chi connectivity index (χ0n) is 12.0. The molecule has 1 heterocycles. The molecule has 0 aromatic heterocycles. The molecular formula is C14H19Cl2N2O3S+. The van der Waals surface area contributed by atoms with Crippen molar-refractivity contribution in [2.45, 2.75) is 17.7 Å². The fourth-order valence-electron chi connectivity index (χ4n) is 2.73. The van der Waals surface area contributed by atoms with Crippen molar-refractivity contribution >= 4 is 38.9 Å². The molecule has 1 fully saturated rings. The highest BCUT2D eigenvalue weighted by atomic mass is 35.5. The highest BCUT2D eigenvalue weighted by Crippen LogP contribution is 2.25. The lowest BCUT2D eigenvalue weighted by Gasteiger charge is -2.28. The number of benzene rings is 1. The van der Waals surface area contributed by atoms with Gasteiger partial charge in [0.25, 0.3) is 0 Å². The van der Waals surface area contributed by atoms with E-state index in [1.807, 2.05) is 0 Å². The first kappa shape index (κ1) is 17.5. The Hall–Kier alpha value is -0.820. The molecule has 1 aliphatic heterocycles. The standard InChI is InChI=1S/C14H18Cl2N2O3S/c15-11-3-4-12(16)13(8-11)22(20,21)7-6-18-5-1-2-10(9-18)14(17)19/h3-4,8,10H,1-2,5-7,9H2,(H2,17,19)/p+1/t10-/m1/s1. The van der Waals surface area contributed by atoms with Crippen molar-refractivity contribution in [1.82, 2.24) is 0 Å². The highest BCUT2D eigenvalue weighted by molar-refractivity contribution is 7.91. The third-order valence-electron chi connectivity index (χ3n) is 3.97. The van der Waals surface area contributed by atoms with Crippen molar-refractivity contribution < 1.29 is 18.1 Å². The zero-order chi connectivity index (χ0) is 16.3. The molecule has 1 aromatic rings. The van der Waals surface area contributed by atoms with Crippen LogP contribution in [0.15, 0.2) is 23.1 Å². The Balaban J connectivity index is 2.03. The predicted octanol–water partition coefficient (Wildman–Crippen LogP) is 0.547. The number of carbonyl (C=O) groups is 1. The van der Waals surface area contributed by atoms with Gasteiger partial charge in [0, 0.05) is 5.02 Å². The van der Waals surface area contributed by atoms with Crippen LogP contribution in [0.1, 0.15) is 12.8 Å². The monoisotopic (exact) mass is 365 g/mol. The van der Waals surface area contributed by atoms with Gasteiger partial charge >= 0.3 is 0 Å². The van der Waals surface area contributed by atoms with Crippen LogP contribution >= 0.6 is 23.2 Å². The second-order valence-corrected chi connectivity index (χ2v) is 8.51. The van der Waals surface area contributed by atoms with Crippen molar-refractivity contribution in [2.24, 2.45) is 11.7 Å². The first-order valence-corrected chi connectivity index (χ1v) is 9.51. The van der Waals surface area contributed by atoms with Crippen LogP contribution in [0.4, 0.5) is 0 Å². The van der Waals surface area contributed by atoms with E-state index < -0.39 is 9.84 Å². The molecule has 0 spiro atoms. The molecule has 0 bridgehead atoms. The van der Waals surface area contributed by atoms with Crippen LogP contribution < -0.4 is 10.6 Å². The minimum absolute atomic E-state index is 0.0339. The molecule has 1 aliphatic rings. The quantitative estimate of drug-likeness (QED) is 0.799. The lowest BCUT2D eigenvalue weighted by Crippen LogP contribution is -3.14. The topological polar surface area (TPSA) is 81.7 Å². The Kier molecular flexibility index (Phi) is 5.71. The smallest absolute Gasteiger partial charge is 0.226 e. The van der Waals surface area contributed by atoms with Gasteiger partial charge < -0.3 is 10.6 Å². The second kappa shape index (κ2) is 7.17. The summed E-state index contributed by atoms with van der Waals surface area (Å²) in [5, 5.41) is 0.509. The van der Waals surface area contributed by atoms with E-state index in [1.54, 1.807) is 6.07 Å². The van der Waals surface area contributed by atoms with Crippen LogP contribution in [0.25, 0.3) is 0 Å². The average molecular weight is 366 g/mol. The normalized spacial score (nSPS) is 22.5. The van der Waals surface area contributed by atoms with Gasteiger partial charge in [0.1, 0.15) is 5.75 Å². The number of rotatable bonds is 5. The van der Waals surface area contributed by atoms with Gasteiger partial charge in [-0.05, 0) is 31.0 Å². The Morgan fingerprint density at radius 3 is 2.77 bits per heavy atom. The number of piperidine rings is 1. The van der Waals surface area contributed by atoms with Gasteiger partial charge in [0.05, 0.1) is 35.5 Å². The molecule has 122 valence electrons. The molecule has 22 heavy (non-hydrogen) atoms. The summed E-state index contributed by atoms with van der Waals surface area (Å²) in [6.45, 7) is 1.87. The van der Waals surface area contributed by atoms with Crippen LogP contribution in [0.2, 0.25) is 10.0 Å². The molecule has 2 atom stereocenters. The molecule has 1 amide bonds. The van der Waals surface area contributed by atoms with Gasteiger partial charge in [-0.25, -0.2) is 8.42 Å². The predicted molar refractivity (Wildman–Crippen MR) is 86.0 cm³/mol. The van der Waals surface area contributed by atoms with Gasteiger partial charge in [-0.3, -0.25) is 4.79 Å². The number of hydrogen-bond donors (Lipinski definition) is 2. The molecule has 3 N–H and O–H groups in total. The molecule has 0 radical (unpaired) electrons. The number of nitrogens with one attached hydrogen (secondary N) is 1. The number of carbonyl (C=O) groups excluding carboxylic acids is 1. The Labute approximate surface area is 140 Å². The van der Waals surface area contributed by atoms with Crippen LogP contribution in [0, 0.1) is 5.92 Å². The fraction of sp³-hybridized carbons (Fsp3) is 0.500. The third kappa shape index (κ3) is 4.35. The van der Waals surface area contributed by atoms with E-state index in [0.717, 1.165) is 24.3 Å². The summed E-state index contributed by atoms with van der Waals surface area (Å²) in [7, 11) is -3.50. The summed E-state index contributed by atoms with van der Waals surface area (Å²) in [6, 6.07) is 4.40. The summed E-state index contributed by atoms with van der Waals surface area (Å²) in [6.07, 6.45) is 1.66. The molecule has 0 aliphatic carbocycles. The Morgan fingerprint density at radius 1 is 1.36 bits per heavy atom. The van der Waals surface area contributed by atoms with Crippen molar-refractivity contribution in [1.29, 1.82) is 0 Å². The van der Waals surface area contributed by atoms with E-state index >= 15 is 0 Å². The number of quaternary nitrogens is 1. The van der Waals surface area contributed by atoms with Crippen LogP contribution in [0.5, 0.6) is 0 Å². The van der Waals surface area contributed by atoms with E-state index in [4.69, 9.17) is 28.9 Å². The molecule has 0 saturated carbocycles. The summed E-state index contributed by atoms with van der Waals surface area (Å²) < 4.78 is 24.8. The summed E-state index contributed by atoms with van der Waals surface area (Å²) in [4.78, 5) is 12.4. The maximum atomic E-state index is 12.4. The molecule has 8 heteroatoms. The van der Waals surface area contributed by atoms with Crippen LogP contribution in [-0.4, -0.2) is 39.7 Å². The van der Waals surface area contributed by atoms with Crippen molar-refractivity contribution in [3.63, 3.8) is 0 Å². The van der Waals surface area contributed by atoms with Gasteiger partial charge in [-0.2, -0.15) is 0 Å². The van der Waals surface area contributed by atoms with Crippen LogP contribution in [-0.2, 0) is 14.6 Å². The maximum absolute atomic E-state index is 12.4. The lowest BCUT2D eigenvalue weighted by atomic mass is 9.98. The zero-order valence-corrected chi connectivity index (χ0v) is 14.3. The number of likely N-dealkylation sites (tertiary alicyclic amines) is 1. The van der Waals surface area contributed by atoms with Gasteiger partial charge in [-0.15, -0.1) is 0 Å². The molecule has 2 rings (SSSR count). The summed E-state index contributed by atoms with van der Waals surface area (Å²) >= 11 is 11.8. The molecule has 1 aromatic carbocycles. The molecule has 1 saturated heterocycles. The largest absolute Gasteiger partial charge is 0.369 e. The van der Waals surface area contributed by atoms with Gasteiger partial charge in [-0.1, -0.05) is 23.2 Å². The first-order valence-electron chi connectivity index (χ1n) is 7.10. The van der Waals surface area contributed by atoms with Crippen molar-refractivity contribution in [3.05, 3.63) is 28.2 Å². The van der Waals surface area contributed by atoms with Crippen molar-refractivity contribution in [3.8, 4) is 0 Å². The number of halogens is 2. The minimum Gasteiger partial charge on any atom is -0.369 e. The second-order valence-electron chi connectivity index (χ2n) is 5.59. The summed E-state index contributed by atoms with van der Waals surface area (Å²) in [5.74, 6) is -0.507. The molecule has 1 unspecified atom stereocenters. The number of nitrogens with two attached hydrogens (primary N) is 1. The van der Waals surface area contributed by atoms with E-state index in [-0.39, 0.29) is 27.5 Å². The molecule has 5 nitrogen and oxygen atoms in total. The van der Waals surface area contributed by atoms with E-state index in [0.29, 0.717) is 18.1 Å². The van der Waals surface area contributed by atoms with E-state index in [9.17, 15) is 13.2 Å². The van der Waals surface area contributed by atoms with E-state index in [1.165, 1.54) is 12.1 Å². The SMILES string of the molecule is NC(=O)[C@@H]1CCC[NH+](CCS(=O)(=O)c2cc(Cl)ccc2Cl)C1. The minimum atomic E-state index is -3.50. The number of amides is 1. The lowest BCUT2D eigenvalue weighted by molar-refractivity contribution is -0.905. The highest BCUT2D eigenvalue weighted by Gasteiger charge is 2.28. The average Bonchev–Trinajstić information content (AvgIpc) is 2.48. The van der Waals surface area contributed by atoms with E-state index in [2.05, 4.69) is 0 Å². The van der Waals surface area contributed by atoms with Crippen molar-refractivity contribution in [2.75, 3.05) is 25.4 Å². The Morgan fingerprint density at radius 2 is 2.09 bits per heavy atom. The molecular weight excluding hydrogens is 347 g/mol. The maximum Gasteiger partial charge on any atom is 0.226 e. The number of primary amides is 1. The van der Waals surface area contributed by atoms with Gasteiger partial charge in [0.2, 0.25) is 5.91 Å². The number of sulfone groups is 1. The first-order chi connectivity index (χ1) is 10.3. The third-order valence-corrected chi connectivity index (χ3v) is 6.40. The Bertz CT molecular complexity index is 664.